The summed E-state index contributed by atoms with van der Waals surface area (Å²) in [5.74, 6) is -0.922. The van der Waals surface area contributed by atoms with E-state index in [0.717, 1.165) is 55.6 Å². The molecule has 2 heterocycles. The molecule has 1 spiro atoms. The summed E-state index contributed by atoms with van der Waals surface area (Å²) in [4.78, 5) is 0. The molecule has 394 valence electrons. The molecule has 1 N–H and O–H groups in total. The Morgan fingerprint density at radius 1 is 0.817 bits per heavy atom. The maximum Gasteiger partial charge on any atom is 0.261 e. The Labute approximate surface area is 431 Å². The summed E-state index contributed by atoms with van der Waals surface area (Å²) >= 11 is 0. The summed E-state index contributed by atoms with van der Waals surface area (Å²) in [5, 5.41) is 14.9. The van der Waals surface area contributed by atoms with Crippen molar-refractivity contribution in [1.82, 2.24) is 0 Å². The standard InChI is InChI=1S/C60H92O9Si2/c1-42(33-43(2)39-66-70(15,16)57(5,6)7)34-48-37-50(64-40-46-27-30-49(62-13)31-28-46)41-65-60(48)38-55(67-59(11,12)69-60)45(4)56(61)44(3)35-47-29-32-53(54(36-47)63-14)68-71(58(8,9)10,51-23-19-17-20-24-51)52-25-21-18-22-26-52/h17-28,30-31,34-35,43,45,47-48,50,53-56,61H,29,32-33,36-41H2,1-16H3/b42-34+,44-35+/t43-,45-,47-,48-,50-,53+,54+,55-,56+,60+/m0/s1. The van der Waals surface area contributed by atoms with Crippen molar-refractivity contribution in [2.24, 2.45) is 23.7 Å². The molecule has 1 aliphatic carbocycles. The van der Waals surface area contributed by atoms with Gasteiger partial charge in [-0.2, -0.15) is 0 Å². The number of aliphatic hydroxyl groups excluding tert-OH is 1. The van der Waals surface area contributed by atoms with E-state index in [1.807, 2.05) is 45.2 Å². The molecule has 0 amide bonds. The smallest absolute Gasteiger partial charge is 0.261 e. The lowest BCUT2D eigenvalue weighted by Crippen LogP contribution is -2.68. The average Bonchev–Trinajstić information content (AvgIpc) is 3.32. The maximum absolute atomic E-state index is 12.3. The zero-order valence-corrected chi connectivity index (χ0v) is 48.5. The molecule has 3 aromatic rings. The average molecular weight is 1010 g/mol. The minimum absolute atomic E-state index is 0.0680. The van der Waals surface area contributed by atoms with E-state index in [4.69, 9.17) is 37.3 Å². The van der Waals surface area contributed by atoms with Crippen molar-refractivity contribution in [1.29, 1.82) is 0 Å². The van der Waals surface area contributed by atoms with Crippen molar-refractivity contribution < 1.29 is 42.4 Å². The van der Waals surface area contributed by atoms with Gasteiger partial charge in [-0.25, -0.2) is 0 Å². The number of rotatable bonds is 19. The van der Waals surface area contributed by atoms with Crippen molar-refractivity contribution in [2.45, 2.75) is 193 Å². The molecular formula is C60H92O9Si2. The predicted octanol–water partition coefficient (Wildman–Crippen LogP) is 12.6. The van der Waals surface area contributed by atoms with Crippen LogP contribution in [0, 0.1) is 23.7 Å². The first-order chi connectivity index (χ1) is 33.3. The molecule has 0 aromatic heterocycles. The van der Waals surface area contributed by atoms with Gasteiger partial charge in [0.25, 0.3) is 8.32 Å². The SMILES string of the molecule is COc1ccc(CO[C@@H]2CO[C@@]3(C[C@@H]([C@H](C)[C@H](O)/C(C)=C/[C@@H]4CC[C@@H](O[Si](c5ccccc5)(c5ccccc5)C(C)(C)C)[C@H](OC)C4)OC(C)(C)O3)[C@@H](/C=C(\C)C[C@H](C)CO[Si](C)(C)C(C)(C)C)C2)cc1. The first kappa shape index (κ1) is 57.3. The van der Waals surface area contributed by atoms with Crippen molar-refractivity contribution in [3.8, 4) is 5.75 Å². The van der Waals surface area contributed by atoms with E-state index in [9.17, 15) is 5.11 Å². The maximum atomic E-state index is 12.3. The fraction of sp³-hybridized carbons (Fsp3) is 0.633. The molecular weight excluding hydrogens is 921 g/mol. The summed E-state index contributed by atoms with van der Waals surface area (Å²) in [7, 11) is -1.17. The Kier molecular flexibility index (Phi) is 19.2. The first-order valence-electron chi connectivity index (χ1n) is 26.6. The number of benzene rings is 3. The molecule has 2 saturated heterocycles. The van der Waals surface area contributed by atoms with E-state index in [1.54, 1.807) is 7.11 Å². The molecule has 3 aromatic carbocycles. The van der Waals surface area contributed by atoms with Crippen LogP contribution in [0.1, 0.15) is 127 Å². The van der Waals surface area contributed by atoms with Crippen molar-refractivity contribution in [2.75, 3.05) is 27.4 Å². The van der Waals surface area contributed by atoms with Crippen LogP contribution in [-0.2, 0) is 39.1 Å². The number of hydrogen-bond donors (Lipinski definition) is 1. The molecule has 11 heteroatoms. The Balaban J connectivity index is 1.19. The monoisotopic (exact) mass is 1010 g/mol. The molecule has 10 atom stereocenters. The lowest BCUT2D eigenvalue weighted by atomic mass is 9.78. The van der Waals surface area contributed by atoms with Gasteiger partial charge in [-0.15, -0.1) is 0 Å². The van der Waals surface area contributed by atoms with Crippen LogP contribution in [0.3, 0.4) is 0 Å². The summed E-state index contributed by atoms with van der Waals surface area (Å²) in [5.41, 5.74) is 3.30. The van der Waals surface area contributed by atoms with E-state index >= 15 is 0 Å². The molecule has 1 saturated carbocycles. The van der Waals surface area contributed by atoms with E-state index in [1.165, 1.54) is 15.9 Å². The molecule has 3 aliphatic rings. The Bertz CT molecular complexity index is 2140. The Morgan fingerprint density at radius 2 is 1.44 bits per heavy atom. The summed E-state index contributed by atoms with van der Waals surface area (Å²) in [6, 6.07) is 29.7. The number of allylic oxidation sites excluding steroid dienone is 2. The van der Waals surface area contributed by atoms with Gasteiger partial charge in [-0.05, 0) is 128 Å². The first-order valence-corrected chi connectivity index (χ1v) is 31.4. The van der Waals surface area contributed by atoms with Gasteiger partial charge in [-0.3, -0.25) is 0 Å². The van der Waals surface area contributed by atoms with E-state index < -0.39 is 34.3 Å². The van der Waals surface area contributed by atoms with Gasteiger partial charge in [0, 0.05) is 32.0 Å². The van der Waals surface area contributed by atoms with Crippen LogP contribution in [-0.4, -0.2) is 91.3 Å². The zero-order chi connectivity index (χ0) is 52.0. The van der Waals surface area contributed by atoms with Crippen molar-refractivity contribution >= 4 is 27.0 Å². The summed E-state index contributed by atoms with van der Waals surface area (Å²) < 4.78 is 53.3. The minimum Gasteiger partial charge on any atom is -0.497 e. The van der Waals surface area contributed by atoms with Crippen molar-refractivity contribution in [3.05, 3.63) is 114 Å². The van der Waals surface area contributed by atoms with Crippen LogP contribution >= 0.6 is 0 Å². The third-order valence-corrected chi connectivity index (χ3v) is 25.7. The minimum atomic E-state index is -2.78. The van der Waals surface area contributed by atoms with Crippen LogP contribution in [0.15, 0.2) is 108 Å². The van der Waals surface area contributed by atoms with Crippen LogP contribution < -0.4 is 15.1 Å². The second-order valence-corrected chi connectivity index (χ2v) is 33.4. The van der Waals surface area contributed by atoms with Gasteiger partial charge >= 0.3 is 0 Å². The highest BCUT2D eigenvalue weighted by Gasteiger charge is 2.56. The molecule has 3 fully saturated rings. The molecule has 2 aliphatic heterocycles. The topological polar surface area (TPSA) is 94.1 Å². The molecule has 0 unspecified atom stereocenters. The highest BCUT2D eigenvalue weighted by Crippen LogP contribution is 2.48. The van der Waals surface area contributed by atoms with E-state index in [2.05, 4.69) is 155 Å². The third kappa shape index (κ3) is 14.1. The van der Waals surface area contributed by atoms with Crippen LogP contribution in [0.2, 0.25) is 23.2 Å². The molecule has 71 heavy (non-hydrogen) atoms. The van der Waals surface area contributed by atoms with Gasteiger partial charge in [0.1, 0.15) is 5.75 Å². The lowest BCUT2D eigenvalue weighted by molar-refractivity contribution is -0.429. The largest absolute Gasteiger partial charge is 0.497 e. The summed E-state index contributed by atoms with van der Waals surface area (Å²) in [6.07, 6.45) is 7.99. The van der Waals surface area contributed by atoms with Crippen LogP contribution in [0.25, 0.3) is 0 Å². The fourth-order valence-corrected chi connectivity index (χ4v) is 17.0. The lowest BCUT2D eigenvalue weighted by Gasteiger charge is -2.54. The van der Waals surface area contributed by atoms with Gasteiger partial charge in [0.15, 0.2) is 19.9 Å². The normalized spacial score (nSPS) is 27.3. The molecule has 0 radical (unpaired) electrons. The Morgan fingerprint density at radius 3 is 2.00 bits per heavy atom. The number of methoxy groups -OCH3 is 2. The van der Waals surface area contributed by atoms with E-state index in [-0.39, 0.29) is 52.2 Å². The fourth-order valence-electron chi connectivity index (χ4n) is 11.2. The Hall–Kier alpha value is -2.95. The summed E-state index contributed by atoms with van der Waals surface area (Å²) in [6.45, 7) is 32.7. The molecule has 6 rings (SSSR count). The number of hydrogen-bond acceptors (Lipinski definition) is 9. The highest BCUT2D eigenvalue weighted by atomic mass is 28.4. The van der Waals surface area contributed by atoms with E-state index in [0.29, 0.717) is 25.6 Å². The second-order valence-electron chi connectivity index (χ2n) is 24.4. The van der Waals surface area contributed by atoms with Crippen LogP contribution in [0.4, 0.5) is 0 Å². The van der Waals surface area contributed by atoms with Gasteiger partial charge in [0.05, 0.1) is 50.8 Å². The van der Waals surface area contributed by atoms with Gasteiger partial charge in [0.2, 0.25) is 0 Å². The predicted molar refractivity (Wildman–Crippen MR) is 293 cm³/mol. The molecule has 9 nitrogen and oxygen atoms in total. The zero-order valence-electron chi connectivity index (χ0n) is 46.5. The van der Waals surface area contributed by atoms with Crippen LogP contribution in [0.5, 0.6) is 5.75 Å². The number of aliphatic hydroxyl groups is 1. The highest BCUT2D eigenvalue weighted by molar-refractivity contribution is 6.99. The van der Waals surface area contributed by atoms with Gasteiger partial charge in [-0.1, -0.05) is 146 Å². The third-order valence-electron chi connectivity index (χ3n) is 16.1. The second kappa shape index (κ2) is 23.7. The quantitative estimate of drug-likeness (QED) is 0.0931. The van der Waals surface area contributed by atoms with Gasteiger partial charge < -0.3 is 42.4 Å². The molecule has 0 bridgehead atoms. The number of ether oxygens (including phenoxy) is 6. The van der Waals surface area contributed by atoms with Crippen molar-refractivity contribution in [3.63, 3.8) is 0 Å².